The van der Waals surface area contributed by atoms with Crippen LogP contribution >= 0.6 is 0 Å². The molecule has 0 bridgehead atoms. The van der Waals surface area contributed by atoms with Crippen LogP contribution in [0, 0.1) is 0 Å². The molecule has 0 rings (SSSR count). The van der Waals surface area contributed by atoms with E-state index in [0.717, 1.165) is 0 Å². The maximum absolute atomic E-state index is 9.11. The third kappa shape index (κ3) is 77.0. The van der Waals surface area contributed by atoms with Crippen LogP contribution in [0.5, 0.6) is 0 Å². The van der Waals surface area contributed by atoms with Gasteiger partial charge in [-0.2, -0.15) is 4.21 Å². The number of rotatable bonds is 0. The summed E-state index contributed by atoms with van der Waals surface area (Å²) in [4.78, 5) is 0. The van der Waals surface area contributed by atoms with Gasteiger partial charge in [-0.25, -0.2) is 0 Å². The van der Waals surface area contributed by atoms with E-state index in [1.807, 2.05) is 0 Å². The summed E-state index contributed by atoms with van der Waals surface area (Å²) < 4.78 is 24.0. The van der Waals surface area contributed by atoms with Gasteiger partial charge in [0.25, 0.3) is 9.05 Å². The van der Waals surface area contributed by atoms with Crippen LogP contribution in [0.2, 0.25) is 0 Å². The van der Waals surface area contributed by atoms with E-state index in [1.54, 1.807) is 0 Å². The first kappa shape index (κ1) is 10.1. The van der Waals surface area contributed by atoms with E-state index < -0.39 is 9.05 Å². The Bertz CT molecular complexity index is 92.0. The predicted octanol–water partition coefficient (Wildman–Crippen LogP) is -0.324. The molecule has 0 spiro atoms. The zero-order valence-corrected chi connectivity index (χ0v) is 6.22. The van der Waals surface area contributed by atoms with Crippen LogP contribution in [-0.4, -0.2) is 13.3 Å². The minimum Gasteiger partial charge on any atom is -0.285 e. The van der Waals surface area contributed by atoms with Crippen molar-refractivity contribution < 1.29 is 35.7 Å². The van der Waals surface area contributed by atoms with E-state index in [9.17, 15) is 0 Å². The third-order valence-electron chi connectivity index (χ3n) is 0. The van der Waals surface area contributed by atoms with Gasteiger partial charge in [-0.1, -0.05) is 0 Å². The average molecular weight is 311 g/mol. The summed E-state index contributed by atoms with van der Waals surface area (Å²) in [6.07, 6.45) is 0. The molecule has 3 nitrogen and oxygen atoms in total. The summed E-state index contributed by atoms with van der Waals surface area (Å²) in [6.45, 7) is 0. The standard InChI is InChI=1S/Au.H2O3S2/c;1-5(2,3)4/h;(H2,1,2,3,4)/q+1;. The van der Waals surface area contributed by atoms with Crippen LogP contribution in [0.4, 0.5) is 0 Å². The average Bonchev–Trinajstić information content (AvgIpc) is 0.722. The summed E-state index contributed by atoms with van der Waals surface area (Å²) in [7, 11) is -3.83. The van der Waals surface area contributed by atoms with E-state index >= 15 is 0 Å². The van der Waals surface area contributed by atoms with E-state index in [-0.39, 0.29) is 22.4 Å². The van der Waals surface area contributed by atoms with Crippen LogP contribution in [0.15, 0.2) is 0 Å². The van der Waals surface area contributed by atoms with Crippen molar-refractivity contribution in [3.63, 3.8) is 0 Å². The molecule has 0 aromatic heterocycles. The van der Waals surface area contributed by atoms with Gasteiger partial charge in [0, 0.05) is 11.2 Å². The van der Waals surface area contributed by atoms with Crippen molar-refractivity contribution >= 4 is 20.2 Å². The number of hydrogen-bond donors (Lipinski definition) is 2. The van der Waals surface area contributed by atoms with Gasteiger partial charge in [-0.05, 0) is 0 Å². The molecular formula is H2AuO3S2+. The summed E-state index contributed by atoms with van der Waals surface area (Å²) in [6, 6.07) is 0. The zero-order valence-electron chi connectivity index (χ0n) is 2.42. The second kappa shape index (κ2) is 3.09. The van der Waals surface area contributed by atoms with E-state index in [1.165, 1.54) is 0 Å². The van der Waals surface area contributed by atoms with Crippen LogP contribution in [0.25, 0.3) is 0 Å². The second-order valence-electron chi connectivity index (χ2n) is 0.448. The Kier molecular flexibility index (Phi) is 5.20. The van der Waals surface area contributed by atoms with Crippen molar-refractivity contribution in [3.05, 3.63) is 0 Å². The fourth-order valence-electron chi connectivity index (χ4n) is 0. The third-order valence-corrected chi connectivity index (χ3v) is 0. The Morgan fingerprint density at radius 3 is 1.50 bits per heavy atom. The molecule has 0 unspecified atom stereocenters. The van der Waals surface area contributed by atoms with Gasteiger partial charge in [-0.15, -0.1) is 0 Å². The largest absolute Gasteiger partial charge is 1.00 e. The predicted molar refractivity (Wildman–Crippen MR) is 20.8 cm³/mol. The van der Waals surface area contributed by atoms with Crippen molar-refractivity contribution in [1.29, 1.82) is 0 Å². The van der Waals surface area contributed by atoms with Crippen LogP contribution < -0.4 is 0 Å². The molecule has 6 heavy (non-hydrogen) atoms. The molecule has 0 fully saturated rings. The van der Waals surface area contributed by atoms with Crippen molar-refractivity contribution in [2.24, 2.45) is 0 Å². The molecule has 0 aliphatic heterocycles. The monoisotopic (exact) mass is 311 g/mol. The van der Waals surface area contributed by atoms with Gasteiger partial charge in [-0.3, -0.25) is 9.11 Å². The maximum atomic E-state index is 9.11. The van der Waals surface area contributed by atoms with Gasteiger partial charge < -0.3 is 0 Å². The zero-order chi connectivity index (χ0) is 4.50. The van der Waals surface area contributed by atoms with Crippen LogP contribution in [0.3, 0.4) is 0 Å². The summed E-state index contributed by atoms with van der Waals surface area (Å²) in [5.74, 6) is 0. The van der Waals surface area contributed by atoms with Crippen molar-refractivity contribution in [3.8, 4) is 0 Å². The molecule has 0 aliphatic carbocycles. The molecule has 0 aromatic carbocycles. The molecule has 42 valence electrons. The van der Waals surface area contributed by atoms with Gasteiger partial charge in [0.15, 0.2) is 0 Å². The smallest absolute Gasteiger partial charge is 0.285 e. The molecule has 0 atom stereocenters. The first-order valence-corrected chi connectivity index (χ1v) is 3.10. The fraction of sp³-hybridized carbons (Fsp3) is 0. The molecule has 2 N–H and O–H groups in total. The van der Waals surface area contributed by atoms with Crippen LogP contribution in [-0.2, 0) is 42.6 Å². The summed E-state index contributed by atoms with van der Waals surface area (Å²) in [5.41, 5.74) is 0. The Hall–Kier alpha value is 1.03. The summed E-state index contributed by atoms with van der Waals surface area (Å²) >= 11 is 3.47. The van der Waals surface area contributed by atoms with Crippen molar-refractivity contribution in [1.82, 2.24) is 0 Å². The van der Waals surface area contributed by atoms with E-state index in [2.05, 4.69) is 11.2 Å². The topological polar surface area (TPSA) is 57.5 Å². The van der Waals surface area contributed by atoms with Crippen molar-refractivity contribution in [2.75, 3.05) is 0 Å². The first-order chi connectivity index (χ1) is 2.00. The van der Waals surface area contributed by atoms with Gasteiger partial charge in [0.1, 0.15) is 0 Å². The molecule has 0 saturated heterocycles. The molecule has 0 aromatic rings. The van der Waals surface area contributed by atoms with Crippen molar-refractivity contribution in [2.45, 2.75) is 0 Å². The fourth-order valence-corrected chi connectivity index (χ4v) is 0. The molecule has 0 radical (unpaired) electrons. The Morgan fingerprint density at radius 1 is 1.50 bits per heavy atom. The molecular weight excluding hydrogens is 309 g/mol. The molecule has 0 heterocycles. The molecule has 0 aliphatic rings. The Labute approximate surface area is 56.0 Å². The van der Waals surface area contributed by atoms with Gasteiger partial charge in [0.05, 0.1) is 0 Å². The Balaban J connectivity index is 0. The van der Waals surface area contributed by atoms with E-state index in [4.69, 9.17) is 13.3 Å². The van der Waals surface area contributed by atoms with Gasteiger partial charge >= 0.3 is 22.4 Å². The minimum atomic E-state index is -3.83. The van der Waals surface area contributed by atoms with Crippen LogP contribution in [0.1, 0.15) is 0 Å². The molecule has 0 saturated carbocycles. The van der Waals surface area contributed by atoms with Gasteiger partial charge in [0.2, 0.25) is 0 Å². The maximum Gasteiger partial charge on any atom is 1.00 e. The summed E-state index contributed by atoms with van der Waals surface area (Å²) in [5, 5.41) is 0. The van der Waals surface area contributed by atoms with E-state index in [0.29, 0.717) is 0 Å². The molecule has 6 heteroatoms. The SMILES string of the molecule is O=S(O)(O)=S.[Au+]. The minimum absolute atomic E-state index is 0. The molecule has 0 amide bonds. The Morgan fingerprint density at radius 2 is 1.50 bits per heavy atom. The normalized spacial score (nSPS) is 9.67. The first-order valence-electron chi connectivity index (χ1n) is 0.698. The second-order valence-corrected chi connectivity index (χ2v) is 2.65. The number of hydrogen-bond acceptors (Lipinski definition) is 2. The quantitative estimate of drug-likeness (QED) is 0.602.